The number of phenolic OH excluding ortho intramolecular Hbond substituents is 1. The maximum absolute atomic E-state index is 10.4. The van der Waals surface area contributed by atoms with Crippen molar-refractivity contribution in [3.05, 3.63) is 29.3 Å². The maximum atomic E-state index is 10.4. The Hall–Kier alpha value is -1.59. The lowest BCUT2D eigenvalue weighted by molar-refractivity contribution is -0.136. The highest BCUT2D eigenvalue weighted by atomic mass is 16.4. The number of rotatable bonds is 1. The molecule has 0 unspecified atom stereocenters. The number of aryl methyl sites for hydroxylation is 1. The summed E-state index contributed by atoms with van der Waals surface area (Å²) in [6.07, 6.45) is 4.03. The van der Waals surface area contributed by atoms with Crippen LogP contribution in [0.5, 0.6) is 5.75 Å². The van der Waals surface area contributed by atoms with E-state index in [1.807, 2.05) is 6.07 Å². The van der Waals surface area contributed by atoms with Gasteiger partial charge in [-0.25, -0.2) is 0 Å². The van der Waals surface area contributed by atoms with Crippen molar-refractivity contribution in [1.82, 2.24) is 0 Å². The Morgan fingerprint density at radius 2 is 1.96 bits per heavy atom. The molecule has 1 aromatic rings. The minimum atomic E-state index is -0.745. The normalized spacial score (nSPS) is 37.6. The van der Waals surface area contributed by atoms with Crippen LogP contribution in [0.15, 0.2) is 18.2 Å². The zero-order chi connectivity index (χ0) is 19.1. The van der Waals surface area contributed by atoms with E-state index in [1.54, 1.807) is 13.0 Å². The molecule has 2 saturated carbocycles. The van der Waals surface area contributed by atoms with E-state index in [1.165, 1.54) is 11.1 Å². The third kappa shape index (κ3) is 3.23. The van der Waals surface area contributed by atoms with E-state index >= 15 is 0 Å². The number of aromatic hydroxyl groups is 1. The predicted octanol–water partition coefficient (Wildman–Crippen LogP) is 3.06. The van der Waals surface area contributed by atoms with Crippen LogP contribution in [-0.2, 0) is 11.2 Å². The molecule has 6 atom stereocenters. The molecule has 5 nitrogen and oxygen atoms in total. The second-order valence-electron chi connectivity index (χ2n) is 8.34. The Labute approximate surface area is 154 Å². The van der Waals surface area contributed by atoms with Gasteiger partial charge in [-0.1, -0.05) is 19.9 Å². The Balaban J connectivity index is 0.000000349. The lowest BCUT2D eigenvalue weighted by Crippen LogP contribution is -2.44. The first-order valence-electron chi connectivity index (χ1n) is 9.67. The van der Waals surface area contributed by atoms with Crippen molar-refractivity contribution in [3.8, 4) is 5.75 Å². The number of aliphatic hydroxyl groups excluding tert-OH is 2. The number of benzene rings is 1. The van der Waals surface area contributed by atoms with Crippen molar-refractivity contribution in [1.29, 1.82) is 0 Å². The molecule has 3 aliphatic rings. The summed E-state index contributed by atoms with van der Waals surface area (Å²) in [4.78, 5) is 9.37. The quantitative estimate of drug-likeness (QED) is 0.615. The van der Waals surface area contributed by atoms with Crippen molar-refractivity contribution in [2.75, 3.05) is 0 Å². The molecule has 4 rings (SSSR count). The largest absolute Gasteiger partial charge is 0.508 e. The van der Waals surface area contributed by atoms with Crippen LogP contribution in [0.1, 0.15) is 63.0 Å². The molecule has 1 aromatic carbocycles. The molecule has 0 heterocycles. The lowest BCUT2D eigenvalue weighted by atomic mass is 9.55. The highest BCUT2D eigenvalue weighted by Gasteiger charge is 2.57. The highest BCUT2D eigenvalue weighted by molar-refractivity contribution is 5.66. The van der Waals surface area contributed by atoms with Crippen LogP contribution in [0.3, 0.4) is 0 Å². The molecule has 0 bridgehead atoms. The average Bonchev–Trinajstić information content (AvgIpc) is 2.85. The first-order valence-corrected chi connectivity index (χ1v) is 9.67. The van der Waals surface area contributed by atoms with Gasteiger partial charge in [0, 0.05) is 6.42 Å². The van der Waals surface area contributed by atoms with Crippen molar-refractivity contribution in [2.24, 2.45) is 17.3 Å². The SMILES string of the molecule is CCC(=O)O.C[C@]12CC[C@@H]3c4ccc(O)cc4CC[C@H]3[C@@H]1C[C@@H](O)[C@@H]2O. The number of fused-ring (bicyclic) bond motifs is 5. The van der Waals surface area contributed by atoms with Crippen LogP contribution < -0.4 is 0 Å². The molecule has 0 aliphatic heterocycles. The zero-order valence-electron chi connectivity index (χ0n) is 15.6. The highest BCUT2D eigenvalue weighted by Crippen LogP contribution is 2.60. The molecule has 0 radical (unpaired) electrons. The Morgan fingerprint density at radius 3 is 2.62 bits per heavy atom. The zero-order valence-corrected chi connectivity index (χ0v) is 15.6. The molecule has 0 aromatic heterocycles. The molecule has 4 N–H and O–H groups in total. The smallest absolute Gasteiger partial charge is 0.303 e. The third-order valence-corrected chi connectivity index (χ3v) is 6.99. The van der Waals surface area contributed by atoms with Gasteiger partial charge in [0.15, 0.2) is 0 Å². The van der Waals surface area contributed by atoms with Gasteiger partial charge in [-0.2, -0.15) is 0 Å². The van der Waals surface area contributed by atoms with Crippen molar-refractivity contribution in [3.63, 3.8) is 0 Å². The second-order valence-corrected chi connectivity index (χ2v) is 8.34. The minimum absolute atomic E-state index is 0.116. The van der Waals surface area contributed by atoms with Gasteiger partial charge in [-0.3, -0.25) is 4.79 Å². The fourth-order valence-electron chi connectivity index (χ4n) is 5.56. The summed E-state index contributed by atoms with van der Waals surface area (Å²) in [5, 5.41) is 37.9. The van der Waals surface area contributed by atoms with Gasteiger partial charge in [0.2, 0.25) is 0 Å². The fraction of sp³-hybridized carbons (Fsp3) is 0.667. The van der Waals surface area contributed by atoms with E-state index in [2.05, 4.69) is 13.0 Å². The molecule has 5 heteroatoms. The number of phenols is 1. The number of carboxylic acid groups (broad SMARTS) is 1. The third-order valence-electron chi connectivity index (χ3n) is 6.99. The van der Waals surface area contributed by atoms with E-state index in [0.717, 1.165) is 32.1 Å². The van der Waals surface area contributed by atoms with Gasteiger partial charge < -0.3 is 20.4 Å². The Bertz CT molecular complexity index is 672. The van der Waals surface area contributed by atoms with Crippen LogP contribution in [0.4, 0.5) is 0 Å². The van der Waals surface area contributed by atoms with Gasteiger partial charge in [-0.15, -0.1) is 0 Å². The molecule has 2 fully saturated rings. The van der Waals surface area contributed by atoms with Gasteiger partial charge in [0.25, 0.3) is 0 Å². The van der Waals surface area contributed by atoms with Gasteiger partial charge in [0.1, 0.15) is 5.75 Å². The number of hydrogen-bond acceptors (Lipinski definition) is 4. The van der Waals surface area contributed by atoms with Crippen LogP contribution in [-0.4, -0.2) is 38.6 Å². The Morgan fingerprint density at radius 1 is 1.27 bits per heavy atom. The summed E-state index contributed by atoms with van der Waals surface area (Å²) >= 11 is 0. The summed E-state index contributed by atoms with van der Waals surface area (Å²) in [6.45, 7) is 3.77. The Kier molecular flexibility index (Phi) is 5.31. The van der Waals surface area contributed by atoms with Gasteiger partial charge in [-0.05, 0) is 78.5 Å². The molecule has 3 aliphatic carbocycles. The number of carbonyl (C=O) groups is 1. The molecule has 0 amide bonds. The minimum Gasteiger partial charge on any atom is -0.508 e. The first kappa shape index (κ1) is 19.2. The van der Waals surface area contributed by atoms with Gasteiger partial charge >= 0.3 is 5.97 Å². The molecule has 144 valence electrons. The standard InChI is InChI=1S/C18H24O3.C3H6O2/c1-18-7-6-13-12-5-3-11(19)8-10(12)2-4-14(13)15(18)9-16(20)17(18)21;1-2-3(4)5/h3,5,8,13-17,19-21H,2,4,6-7,9H2,1H3;2H2,1H3,(H,4,5)/t13-,14-,15+,16-,17+,18+;/m1./s1. The molecule has 0 spiro atoms. The van der Waals surface area contributed by atoms with E-state index in [-0.39, 0.29) is 11.8 Å². The average molecular weight is 362 g/mol. The molecule has 26 heavy (non-hydrogen) atoms. The molecular weight excluding hydrogens is 332 g/mol. The van der Waals surface area contributed by atoms with Crippen LogP contribution in [0, 0.1) is 17.3 Å². The first-order chi connectivity index (χ1) is 12.3. The number of aliphatic hydroxyl groups is 2. The van der Waals surface area contributed by atoms with E-state index in [0.29, 0.717) is 23.5 Å². The van der Waals surface area contributed by atoms with Crippen LogP contribution >= 0.6 is 0 Å². The predicted molar refractivity (Wildman–Crippen MR) is 98.0 cm³/mol. The number of hydrogen-bond donors (Lipinski definition) is 4. The van der Waals surface area contributed by atoms with Crippen LogP contribution in [0.25, 0.3) is 0 Å². The van der Waals surface area contributed by atoms with E-state index < -0.39 is 18.2 Å². The van der Waals surface area contributed by atoms with E-state index in [4.69, 9.17) is 5.11 Å². The van der Waals surface area contributed by atoms with E-state index in [9.17, 15) is 20.1 Å². The van der Waals surface area contributed by atoms with Crippen molar-refractivity contribution >= 4 is 5.97 Å². The summed E-state index contributed by atoms with van der Waals surface area (Å²) in [5.74, 6) is 1.13. The van der Waals surface area contributed by atoms with Crippen molar-refractivity contribution in [2.45, 2.75) is 70.5 Å². The number of carboxylic acids is 1. The van der Waals surface area contributed by atoms with Crippen molar-refractivity contribution < 1.29 is 25.2 Å². The molecule has 0 saturated heterocycles. The van der Waals surface area contributed by atoms with Gasteiger partial charge in [0.05, 0.1) is 12.2 Å². The second kappa shape index (κ2) is 7.20. The summed E-state index contributed by atoms with van der Waals surface area (Å²) in [5.41, 5.74) is 2.57. The summed E-state index contributed by atoms with van der Waals surface area (Å²) in [6, 6.07) is 5.80. The topological polar surface area (TPSA) is 98.0 Å². The molecular formula is C21H30O5. The lowest BCUT2D eigenvalue weighted by Gasteiger charge is -2.49. The summed E-state index contributed by atoms with van der Waals surface area (Å²) in [7, 11) is 0. The monoisotopic (exact) mass is 362 g/mol. The van der Waals surface area contributed by atoms with Crippen LogP contribution in [0.2, 0.25) is 0 Å². The summed E-state index contributed by atoms with van der Waals surface area (Å²) < 4.78 is 0. The maximum Gasteiger partial charge on any atom is 0.303 e. The number of aliphatic carboxylic acids is 1. The fourth-order valence-corrected chi connectivity index (χ4v) is 5.56.